The first kappa shape index (κ1) is 27.8. The highest BCUT2D eigenvalue weighted by molar-refractivity contribution is 5.88. The van der Waals surface area contributed by atoms with Crippen molar-refractivity contribution in [2.45, 2.75) is 12.2 Å². The topological polar surface area (TPSA) is 37.0 Å². The smallest absolute Gasteiger partial charge is 0.104 e. The SMILES string of the molecule is C1=C(c2ccc(-c3ccccc3)cc2)NC(c2ccccc2)NC1c1cc(-c2ccncc2)cc(-c2ccc3ccccc3c2)c1. The number of hydrogen-bond acceptors (Lipinski definition) is 3. The van der Waals surface area contributed by atoms with E-state index in [4.69, 9.17) is 0 Å². The lowest BCUT2D eigenvalue weighted by molar-refractivity contribution is 0.443. The van der Waals surface area contributed by atoms with Gasteiger partial charge in [0, 0.05) is 18.1 Å². The van der Waals surface area contributed by atoms with Crippen molar-refractivity contribution in [3.63, 3.8) is 0 Å². The van der Waals surface area contributed by atoms with Crippen LogP contribution < -0.4 is 10.6 Å². The van der Waals surface area contributed by atoms with E-state index < -0.39 is 0 Å². The fraction of sp³-hybridized carbons (Fsp3) is 0.0465. The zero-order valence-electron chi connectivity index (χ0n) is 25.3. The van der Waals surface area contributed by atoms with Crippen LogP contribution in [0.3, 0.4) is 0 Å². The number of benzene rings is 6. The van der Waals surface area contributed by atoms with Crippen LogP contribution in [0, 0.1) is 0 Å². The summed E-state index contributed by atoms with van der Waals surface area (Å²) in [5.41, 5.74) is 11.8. The van der Waals surface area contributed by atoms with Crippen molar-refractivity contribution in [2.75, 3.05) is 0 Å². The molecule has 3 heteroatoms. The van der Waals surface area contributed by atoms with Crippen molar-refractivity contribution < 1.29 is 0 Å². The third kappa shape index (κ3) is 5.72. The molecule has 0 aliphatic carbocycles. The minimum Gasteiger partial charge on any atom is -0.366 e. The molecular formula is C43H33N3. The Morgan fingerprint density at radius 2 is 1.00 bits per heavy atom. The summed E-state index contributed by atoms with van der Waals surface area (Å²) in [5, 5.41) is 10.2. The fourth-order valence-electron chi connectivity index (χ4n) is 6.39. The molecule has 0 amide bonds. The molecule has 1 aliphatic rings. The molecule has 0 spiro atoms. The highest BCUT2D eigenvalue weighted by Crippen LogP contribution is 2.36. The second-order valence-electron chi connectivity index (χ2n) is 11.8. The number of nitrogens with zero attached hydrogens (tertiary/aromatic N) is 1. The van der Waals surface area contributed by atoms with E-state index in [0.29, 0.717) is 0 Å². The van der Waals surface area contributed by atoms with E-state index in [-0.39, 0.29) is 12.2 Å². The zero-order chi connectivity index (χ0) is 30.7. The third-order valence-electron chi connectivity index (χ3n) is 8.83. The largest absolute Gasteiger partial charge is 0.366 e. The van der Waals surface area contributed by atoms with Crippen LogP contribution in [-0.4, -0.2) is 4.98 Å². The summed E-state index contributed by atoms with van der Waals surface area (Å²) < 4.78 is 0. The average molecular weight is 592 g/mol. The van der Waals surface area contributed by atoms with E-state index in [1.54, 1.807) is 0 Å². The van der Waals surface area contributed by atoms with Crippen LogP contribution in [0.5, 0.6) is 0 Å². The minimum atomic E-state index is -0.0614. The predicted octanol–water partition coefficient (Wildman–Crippen LogP) is 10.2. The van der Waals surface area contributed by atoms with Crippen molar-refractivity contribution >= 4 is 16.5 Å². The monoisotopic (exact) mass is 591 g/mol. The maximum atomic E-state index is 4.28. The van der Waals surface area contributed by atoms with Crippen molar-refractivity contribution in [1.29, 1.82) is 0 Å². The van der Waals surface area contributed by atoms with Gasteiger partial charge in [0.1, 0.15) is 6.17 Å². The van der Waals surface area contributed by atoms with Crippen LogP contribution in [-0.2, 0) is 0 Å². The van der Waals surface area contributed by atoms with Gasteiger partial charge in [0.15, 0.2) is 0 Å². The Balaban J connectivity index is 1.24. The van der Waals surface area contributed by atoms with E-state index in [0.717, 1.165) is 16.8 Å². The molecule has 1 aliphatic heterocycles. The van der Waals surface area contributed by atoms with Gasteiger partial charge in [-0.3, -0.25) is 10.3 Å². The third-order valence-corrected chi connectivity index (χ3v) is 8.83. The molecule has 2 unspecified atom stereocenters. The van der Waals surface area contributed by atoms with Gasteiger partial charge in [0.25, 0.3) is 0 Å². The van der Waals surface area contributed by atoms with Crippen LogP contribution in [0.2, 0.25) is 0 Å². The van der Waals surface area contributed by atoms with Gasteiger partial charge in [-0.25, -0.2) is 0 Å². The van der Waals surface area contributed by atoms with Gasteiger partial charge in [0.05, 0.1) is 6.04 Å². The number of rotatable bonds is 6. The first-order valence-corrected chi connectivity index (χ1v) is 15.8. The summed E-state index contributed by atoms with van der Waals surface area (Å²) >= 11 is 0. The Hall–Kier alpha value is -5.77. The van der Waals surface area contributed by atoms with Gasteiger partial charge >= 0.3 is 0 Å². The molecule has 2 atom stereocenters. The molecule has 0 fully saturated rings. The molecule has 220 valence electrons. The van der Waals surface area contributed by atoms with Gasteiger partial charge in [-0.15, -0.1) is 0 Å². The summed E-state index contributed by atoms with van der Waals surface area (Å²) in [6, 6.07) is 56.4. The Kier molecular flexibility index (Phi) is 7.43. The molecule has 2 N–H and O–H groups in total. The molecule has 7 aromatic rings. The number of hydrogen-bond donors (Lipinski definition) is 2. The molecule has 0 saturated heterocycles. The number of fused-ring (bicyclic) bond motifs is 1. The van der Waals surface area contributed by atoms with Crippen molar-refractivity contribution in [3.05, 3.63) is 193 Å². The van der Waals surface area contributed by atoms with Gasteiger partial charge in [0.2, 0.25) is 0 Å². The highest BCUT2D eigenvalue weighted by Gasteiger charge is 2.25. The number of nitrogens with one attached hydrogen (secondary N) is 2. The second-order valence-corrected chi connectivity index (χ2v) is 11.8. The summed E-state index contributed by atoms with van der Waals surface area (Å²) in [6.07, 6.45) is 5.99. The van der Waals surface area contributed by atoms with Gasteiger partial charge in [-0.05, 0) is 103 Å². The van der Waals surface area contributed by atoms with Gasteiger partial charge in [-0.2, -0.15) is 0 Å². The lowest BCUT2D eigenvalue weighted by atomic mass is 9.91. The second kappa shape index (κ2) is 12.3. The molecule has 0 bridgehead atoms. The fourth-order valence-corrected chi connectivity index (χ4v) is 6.39. The standard InChI is InChI=1S/C43H33N3/c1-3-9-30(10-4-1)32-15-18-34(19-16-32)41-29-42(46-43(45-41)35-12-5-2-6-13-35)40-27-38(33-21-23-44-24-22-33)26-39(28-40)37-20-17-31-11-7-8-14-36(31)25-37/h1-29,42-43,45-46H. The van der Waals surface area contributed by atoms with Crippen LogP contribution in [0.1, 0.15) is 28.9 Å². The van der Waals surface area contributed by atoms with Crippen LogP contribution >= 0.6 is 0 Å². The molecule has 1 aromatic heterocycles. The molecule has 46 heavy (non-hydrogen) atoms. The molecule has 2 heterocycles. The Bertz CT molecular complexity index is 2140. The molecule has 3 nitrogen and oxygen atoms in total. The Labute approximate surface area is 269 Å². The van der Waals surface area contributed by atoms with Crippen molar-refractivity contribution in [2.24, 2.45) is 0 Å². The molecular weight excluding hydrogens is 558 g/mol. The number of aromatic nitrogens is 1. The average Bonchev–Trinajstić information content (AvgIpc) is 3.15. The maximum absolute atomic E-state index is 4.28. The lowest BCUT2D eigenvalue weighted by Crippen LogP contribution is -2.39. The summed E-state index contributed by atoms with van der Waals surface area (Å²) in [5.74, 6) is 0. The summed E-state index contributed by atoms with van der Waals surface area (Å²) in [7, 11) is 0. The first-order chi connectivity index (χ1) is 22.8. The zero-order valence-corrected chi connectivity index (χ0v) is 25.3. The summed E-state index contributed by atoms with van der Waals surface area (Å²) in [6.45, 7) is 0. The van der Waals surface area contributed by atoms with Crippen LogP contribution in [0.25, 0.3) is 49.9 Å². The lowest BCUT2D eigenvalue weighted by Gasteiger charge is -2.33. The molecule has 6 aromatic carbocycles. The number of pyridine rings is 1. The Morgan fingerprint density at radius 1 is 0.413 bits per heavy atom. The van der Waals surface area contributed by atoms with Gasteiger partial charge in [-0.1, -0.05) is 121 Å². The van der Waals surface area contributed by atoms with Crippen LogP contribution in [0.15, 0.2) is 176 Å². The van der Waals surface area contributed by atoms with E-state index in [2.05, 4.69) is 179 Å². The molecule has 8 rings (SSSR count). The van der Waals surface area contributed by atoms with E-state index in [1.165, 1.54) is 49.7 Å². The molecule has 0 saturated carbocycles. The van der Waals surface area contributed by atoms with E-state index in [1.807, 2.05) is 12.4 Å². The minimum absolute atomic E-state index is 0.0313. The Morgan fingerprint density at radius 3 is 1.76 bits per heavy atom. The van der Waals surface area contributed by atoms with Crippen LogP contribution in [0.4, 0.5) is 0 Å². The van der Waals surface area contributed by atoms with E-state index >= 15 is 0 Å². The normalized spacial score (nSPS) is 16.0. The van der Waals surface area contributed by atoms with Gasteiger partial charge < -0.3 is 5.32 Å². The van der Waals surface area contributed by atoms with Crippen molar-refractivity contribution in [3.8, 4) is 33.4 Å². The molecule has 0 radical (unpaired) electrons. The van der Waals surface area contributed by atoms with E-state index in [9.17, 15) is 0 Å². The maximum Gasteiger partial charge on any atom is 0.104 e. The highest BCUT2D eigenvalue weighted by atomic mass is 15.2. The first-order valence-electron chi connectivity index (χ1n) is 15.8. The van der Waals surface area contributed by atoms with Crippen molar-refractivity contribution in [1.82, 2.24) is 15.6 Å². The quantitative estimate of drug-likeness (QED) is 0.202. The predicted molar refractivity (Wildman–Crippen MR) is 191 cm³/mol. The summed E-state index contributed by atoms with van der Waals surface area (Å²) in [4.78, 5) is 4.28.